The molecule has 0 saturated carbocycles. The Kier molecular flexibility index (Phi) is 5.39. The lowest BCUT2D eigenvalue weighted by Gasteiger charge is -2.11. The molecule has 0 aliphatic rings. The Morgan fingerprint density at radius 1 is 1.08 bits per heavy atom. The Morgan fingerprint density at radius 2 is 1.81 bits per heavy atom. The topological polar surface area (TPSA) is 66.9 Å². The van der Waals surface area contributed by atoms with Crippen LogP contribution in [0.25, 0.3) is 11.3 Å². The lowest BCUT2D eigenvalue weighted by atomic mass is 10.1. The highest BCUT2D eigenvalue weighted by atomic mass is 16.1. The minimum Gasteiger partial charge on any atom is -0.351 e. The molecule has 2 aromatic carbocycles. The standard InChI is InChI=1S/C21H20N4O/c1-3-13-22-21-24-19(17-7-5-4-6-8-17)14-20(25-21)23-18-11-9-16(10-12-18)15(2)26/h3-12,14H,1,13H2,2H3,(H2,22,23,24,25). The predicted octanol–water partition coefficient (Wildman–Crippen LogP) is 4.69. The van der Waals surface area contributed by atoms with Crippen LogP contribution in [0.3, 0.4) is 0 Å². The van der Waals surface area contributed by atoms with Crippen molar-refractivity contribution in [1.82, 2.24) is 9.97 Å². The first-order valence-electron chi connectivity index (χ1n) is 8.33. The van der Waals surface area contributed by atoms with Crippen LogP contribution in [0.2, 0.25) is 0 Å². The van der Waals surface area contributed by atoms with E-state index in [0.29, 0.717) is 23.9 Å². The lowest BCUT2D eigenvalue weighted by molar-refractivity contribution is 0.101. The molecular weight excluding hydrogens is 324 g/mol. The monoisotopic (exact) mass is 344 g/mol. The van der Waals surface area contributed by atoms with E-state index in [-0.39, 0.29) is 5.78 Å². The molecular formula is C21H20N4O. The van der Waals surface area contributed by atoms with Gasteiger partial charge in [0.15, 0.2) is 5.78 Å². The third kappa shape index (κ3) is 4.33. The average Bonchev–Trinajstić information content (AvgIpc) is 2.67. The lowest BCUT2D eigenvalue weighted by Crippen LogP contribution is -2.06. The smallest absolute Gasteiger partial charge is 0.225 e. The number of carbonyl (C=O) groups is 1. The second kappa shape index (κ2) is 8.07. The minimum atomic E-state index is 0.0425. The van der Waals surface area contributed by atoms with Crippen LogP contribution >= 0.6 is 0 Å². The first-order valence-corrected chi connectivity index (χ1v) is 8.33. The van der Waals surface area contributed by atoms with Gasteiger partial charge in [-0.15, -0.1) is 6.58 Å². The summed E-state index contributed by atoms with van der Waals surface area (Å²) < 4.78 is 0. The Labute approximate surface area is 152 Å². The molecule has 1 aromatic heterocycles. The normalized spacial score (nSPS) is 10.2. The number of anilines is 3. The number of nitrogens with zero attached hydrogens (tertiary/aromatic N) is 2. The molecule has 0 unspecified atom stereocenters. The number of hydrogen-bond donors (Lipinski definition) is 2. The van der Waals surface area contributed by atoms with Crippen molar-refractivity contribution >= 4 is 23.2 Å². The van der Waals surface area contributed by atoms with Crippen LogP contribution in [-0.2, 0) is 0 Å². The highest BCUT2D eigenvalue weighted by Gasteiger charge is 2.07. The van der Waals surface area contributed by atoms with Crippen molar-refractivity contribution in [1.29, 1.82) is 0 Å². The number of nitrogens with one attached hydrogen (secondary N) is 2. The zero-order chi connectivity index (χ0) is 18.4. The Balaban J connectivity index is 1.91. The minimum absolute atomic E-state index is 0.0425. The van der Waals surface area contributed by atoms with E-state index in [2.05, 4.69) is 27.2 Å². The number of ketones is 1. The fourth-order valence-corrected chi connectivity index (χ4v) is 2.45. The fraction of sp³-hybridized carbons (Fsp3) is 0.0952. The maximum absolute atomic E-state index is 11.4. The number of carbonyl (C=O) groups excluding carboxylic acids is 1. The van der Waals surface area contributed by atoms with E-state index in [1.165, 1.54) is 0 Å². The van der Waals surface area contributed by atoms with E-state index >= 15 is 0 Å². The van der Waals surface area contributed by atoms with Gasteiger partial charge in [0.05, 0.1) is 5.69 Å². The zero-order valence-electron chi connectivity index (χ0n) is 14.6. The van der Waals surface area contributed by atoms with E-state index in [4.69, 9.17) is 0 Å². The molecule has 130 valence electrons. The molecule has 5 heteroatoms. The molecule has 5 nitrogen and oxygen atoms in total. The van der Waals surface area contributed by atoms with Gasteiger partial charge in [0.25, 0.3) is 0 Å². The quantitative estimate of drug-likeness (QED) is 0.481. The Bertz CT molecular complexity index is 905. The summed E-state index contributed by atoms with van der Waals surface area (Å²) in [5.41, 5.74) is 3.35. The SMILES string of the molecule is C=CCNc1nc(Nc2ccc(C(C)=O)cc2)cc(-c2ccccc2)n1. The second-order valence-electron chi connectivity index (χ2n) is 5.76. The molecule has 0 atom stereocenters. The number of Topliss-reactive ketones (excluding diaryl/α,β-unsaturated/α-hetero) is 1. The Hall–Kier alpha value is -3.47. The summed E-state index contributed by atoms with van der Waals surface area (Å²) in [4.78, 5) is 20.5. The first-order chi connectivity index (χ1) is 12.7. The van der Waals surface area contributed by atoms with Crippen molar-refractivity contribution in [3.05, 3.63) is 78.9 Å². The second-order valence-corrected chi connectivity index (χ2v) is 5.76. The van der Waals surface area contributed by atoms with Gasteiger partial charge >= 0.3 is 0 Å². The van der Waals surface area contributed by atoms with Gasteiger partial charge in [-0.1, -0.05) is 36.4 Å². The summed E-state index contributed by atoms with van der Waals surface area (Å²) in [6, 6.07) is 19.1. The number of rotatable bonds is 7. The van der Waals surface area contributed by atoms with E-state index in [1.54, 1.807) is 25.1 Å². The highest BCUT2D eigenvalue weighted by Crippen LogP contribution is 2.23. The molecule has 0 saturated heterocycles. The van der Waals surface area contributed by atoms with Gasteiger partial charge in [-0.05, 0) is 31.2 Å². The Morgan fingerprint density at radius 3 is 2.46 bits per heavy atom. The summed E-state index contributed by atoms with van der Waals surface area (Å²) in [5, 5.41) is 6.40. The molecule has 2 N–H and O–H groups in total. The van der Waals surface area contributed by atoms with Gasteiger partial charge in [0, 0.05) is 29.4 Å². The van der Waals surface area contributed by atoms with Crippen LogP contribution in [0.1, 0.15) is 17.3 Å². The fourth-order valence-electron chi connectivity index (χ4n) is 2.45. The maximum Gasteiger partial charge on any atom is 0.225 e. The van der Waals surface area contributed by atoms with Gasteiger partial charge in [-0.2, -0.15) is 4.98 Å². The van der Waals surface area contributed by atoms with Crippen molar-refractivity contribution in [2.45, 2.75) is 6.92 Å². The first kappa shape index (κ1) is 17.4. The van der Waals surface area contributed by atoms with E-state index < -0.39 is 0 Å². The molecule has 0 bridgehead atoms. The molecule has 0 amide bonds. The van der Waals surface area contributed by atoms with Crippen molar-refractivity contribution in [2.75, 3.05) is 17.2 Å². The van der Waals surface area contributed by atoms with Gasteiger partial charge in [-0.25, -0.2) is 4.98 Å². The average molecular weight is 344 g/mol. The highest BCUT2D eigenvalue weighted by molar-refractivity contribution is 5.94. The van der Waals surface area contributed by atoms with Crippen LogP contribution in [0.5, 0.6) is 0 Å². The summed E-state index contributed by atoms with van der Waals surface area (Å²) in [7, 11) is 0. The van der Waals surface area contributed by atoms with E-state index in [9.17, 15) is 4.79 Å². The molecule has 26 heavy (non-hydrogen) atoms. The molecule has 1 heterocycles. The predicted molar refractivity (Wildman–Crippen MR) is 106 cm³/mol. The van der Waals surface area contributed by atoms with Gasteiger partial charge in [0.2, 0.25) is 5.95 Å². The van der Waals surface area contributed by atoms with Crippen molar-refractivity contribution in [3.8, 4) is 11.3 Å². The van der Waals surface area contributed by atoms with Gasteiger partial charge < -0.3 is 10.6 Å². The van der Waals surface area contributed by atoms with Crippen molar-refractivity contribution in [2.24, 2.45) is 0 Å². The molecule has 3 rings (SSSR count). The van der Waals surface area contributed by atoms with Crippen LogP contribution < -0.4 is 10.6 Å². The molecule has 0 radical (unpaired) electrons. The van der Waals surface area contributed by atoms with E-state index in [0.717, 1.165) is 16.9 Å². The number of aromatic nitrogens is 2. The van der Waals surface area contributed by atoms with Crippen LogP contribution in [0.4, 0.5) is 17.5 Å². The van der Waals surface area contributed by atoms with Gasteiger partial charge in [-0.3, -0.25) is 4.79 Å². The molecule has 0 fully saturated rings. The zero-order valence-corrected chi connectivity index (χ0v) is 14.6. The van der Waals surface area contributed by atoms with Crippen molar-refractivity contribution in [3.63, 3.8) is 0 Å². The molecule has 3 aromatic rings. The van der Waals surface area contributed by atoms with Gasteiger partial charge in [0.1, 0.15) is 5.82 Å². The summed E-state index contributed by atoms with van der Waals surface area (Å²) in [5.74, 6) is 1.23. The van der Waals surface area contributed by atoms with Crippen LogP contribution in [0.15, 0.2) is 73.3 Å². The van der Waals surface area contributed by atoms with Crippen LogP contribution in [0, 0.1) is 0 Å². The van der Waals surface area contributed by atoms with E-state index in [1.807, 2.05) is 48.5 Å². The third-order valence-corrected chi connectivity index (χ3v) is 3.76. The summed E-state index contributed by atoms with van der Waals surface area (Å²) in [6.45, 7) is 5.83. The third-order valence-electron chi connectivity index (χ3n) is 3.76. The van der Waals surface area contributed by atoms with Crippen LogP contribution in [-0.4, -0.2) is 22.3 Å². The summed E-state index contributed by atoms with van der Waals surface area (Å²) >= 11 is 0. The van der Waals surface area contributed by atoms with Crippen molar-refractivity contribution < 1.29 is 4.79 Å². The molecule has 0 aliphatic heterocycles. The molecule has 0 spiro atoms. The molecule has 0 aliphatic carbocycles. The maximum atomic E-state index is 11.4. The summed E-state index contributed by atoms with van der Waals surface area (Å²) in [6.07, 6.45) is 1.76. The number of hydrogen-bond acceptors (Lipinski definition) is 5. The number of benzene rings is 2. The largest absolute Gasteiger partial charge is 0.351 e.